The van der Waals surface area contributed by atoms with Crippen molar-refractivity contribution in [3.05, 3.63) is 107 Å². The highest BCUT2D eigenvalue weighted by Gasteiger charge is 2.31. The maximum Gasteiger partial charge on any atom is 0.311 e. The molecule has 6 heteroatoms. The first-order chi connectivity index (χ1) is 19.0. The summed E-state index contributed by atoms with van der Waals surface area (Å²) >= 11 is 0. The highest BCUT2D eigenvalue weighted by Crippen LogP contribution is 2.27. The minimum Gasteiger partial charge on any atom is -0.460 e. The molecule has 3 rings (SSSR count). The van der Waals surface area contributed by atoms with Gasteiger partial charge in [0, 0.05) is 24.0 Å². The zero-order chi connectivity index (χ0) is 29.2. The number of rotatable bonds is 14. The van der Waals surface area contributed by atoms with Gasteiger partial charge in [-0.05, 0) is 51.7 Å². The van der Waals surface area contributed by atoms with E-state index in [1.807, 2.05) is 60.7 Å². The summed E-state index contributed by atoms with van der Waals surface area (Å²) in [7, 11) is 0. The van der Waals surface area contributed by atoms with Gasteiger partial charge < -0.3 is 9.47 Å². The van der Waals surface area contributed by atoms with Crippen LogP contribution in [0, 0.1) is 10.8 Å². The molecule has 0 amide bonds. The zero-order valence-corrected chi connectivity index (χ0v) is 23.8. The minimum absolute atomic E-state index is 0.106. The molecule has 0 saturated heterocycles. The van der Waals surface area contributed by atoms with Crippen molar-refractivity contribution < 1.29 is 28.7 Å². The van der Waals surface area contributed by atoms with E-state index in [0.29, 0.717) is 24.0 Å². The molecule has 0 radical (unpaired) electrons. The summed E-state index contributed by atoms with van der Waals surface area (Å²) in [6, 6.07) is 25.4. The Bertz CT molecular complexity index is 1190. The summed E-state index contributed by atoms with van der Waals surface area (Å²) in [5, 5.41) is 0. The summed E-state index contributed by atoms with van der Waals surface area (Å²) in [6.45, 7) is 7.47. The van der Waals surface area contributed by atoms with Crippen molar-refractivity contribution in [1.29, 1.82) is 0 Å². The maximum absolute atomic E-state index is 12.8. The zero-order valence-electron chi connectivity index (χ0n) is 23.8. The van der Waals surface area contributed by atoms with Crippen molar-refractivity contribution in [2.45, 2.75) is 66.6 Å². The van der Waals surface area contributed by atoms with Crippen LogP contribution in [0.25, 0.3) is 0 Å². The fourth-order valence-electron chi connectivity index (χ4n) is 4.02. The van der Waals surface area contributed by atoms with Crippen molar-refractivity contribution in [2.24, 2.45) is 10.8 Å². The van der Waals surface area contributed by atoms with E-state index < -0.39 is 10.8 Å². The second-order valence-electron chi connectivity index (χ2n) is 11.3. The summed E-state index contributed by atoms with van der Waals surface area (Å²) in [4.78, 5) is 50.7. The third-order valence-corrected chi connectivity index (χ3v) is 7.01. The standard InChI is InChI=1S/C34H38O6/c1-33(2,31(37)39-23-25-11-7-5-8-12-25)21-19-29(35)27-15-17-28(18-16-27)30(36)20-22-34(3,4)32(38)40-24-26-13-9-6-10-14-26/h5-18H,19-24H2,1-4H3. The van der Waals surface area contributed by atoms with E-state index in [1.165, 1.54) is 0 Å². The summed E-state index contributed by atoms with van der Waals surface area (Å²) in [6.07, 6.45) is 1.05. The van der Waals surface area contributed by atoms with Gasteiger partial charge in [-0.3, -0.25) is 19.2 Å². The van der Waals surface area contributed by atoms with Gasteiger partial charge in [0.05, 0.1) is 10.8 Å². The van der Waals surface area contributed by atoms with Gasteiger partial charge in [-0.15, -0.1) is 0 Å². The molecule has 0 spiro atoms. The molecule has 6 nitrogen and oxygen atoms in total. The van der Waals surface area contributed by atoms with Gasteiger partial charge in [0.2, 0.25) is 0 Å². The van der Waals surface area contributed by atoms with Gasteiger partial charge in [-0.2, -0.15) is 0 Å². The number of carbonyl (C=O) groups is 4. The van der Waals surface area contributed by atoms with Crippen LogP contribution < -0.4 is 0 Å². The van der Waals surface area contributed by atoms with Gasteiger partial charge >= 0.3 is 11.9 Å². The number of ether oxygens (including phenoxy) is 2. The molecule has 0 aliphatic rings. The molecule has 0 aromatic heterocycles. The molecular weight excluding hydrogens is 504 g/mol. The number of carbonyl (C=O) groups excluding carboxylic acids is 4. The first-order valence-corrected chi connectivity index (χ1v) is 13.6. The van der Waals surface area contributed by atoms with Crippen LogP contribution in [0.2, 0.25) is 0 Å². The van der Waals surface area contributed by atoms with E-state index in [0.717, 1.165) is 11.1 Å². The minimum atomic E-state index is -0.810. The Morgan fingerprint density at radius 1 is 0.525 bits per heavy atom. The molecule has 40 heavy (non-hydrogen) atoms. The third kappa shape index (κ3) is 9.01. The lowest BCUT2D eigenvalue weighted by Crippen LogP contribution is -2.27. The highest BCUT2D eigenvalue weighted by atomic mass is 16.5. The smallest absolute Gasteiger partial charge is 0.311 e. The Balaban J connectivity index is 1.45. The van der Waals surface area contributed by atoms with E-state index in [-0.39, 0.29) is 49.6 Å². The number of esters is 2. The molecule has 3 aromatic rings. The fourth-order valence-corrected chi connectivity index (χ4v) is 4.02. The lowest BCUT2D eigenvalue weighted by atomic mass is 9.85. The lowest BCUT2D eigenvalue weighted by molar-refractivity contribution is -0.156. The first kappa shape index (κ1) is 30.5. The van der Waals surface area contributed by atoms with Crippen molar-refractivity contribution in [1.82, 2.24) is 0 Å². The summed E-state index contributed by atoms with van der Waals surface area (Å²) in [5.74, 6) is -0.913. The van der Waals surface area contributed by atoms with Gasteiger partial charge in [0.1, 0.15) is 13.2 Å². The van der Waals surface area contributed by atoms with Gasteiger partial charge in [-0.25, -0.2) is 0 Å². The molecule has 0 unspecified atom stereocenters. The van der Waals surface area contributed by atoms with Crippen LogP contribution in [-0.2, 0) is 32.3 Å². The second kappa shape index (κ2) is 13.8. The van der Waals surface area contributed by atoms with Crippen LogP contribution in [-0.4, -0.2) is 23.5 Å². The Hall–Kier alpha value is -4.06. The normalized spacial score (nSPS) is 11.5. The Kier molecular flexibility index (Phi) is 10.5. The van der Waals surface area contributed by atoms with E-state index in [1.54, 1.807) is 52.0 Å². The van der Waals surface area contributed by atoms with E-state index >= 15 is 0 Å². The molecule has 0 heterocycles. The van der Waals surface area contributed by atoms with Gasteiger partial charge in [0.15, 0.2) is 11.6 Å². The molecule has 0 atom stereocenters. The molecule has 0 N–H and O–H groups in total. The van der Waals surface area contributed by atoms with E-state index in [4.69, 9.17) is 9.47 Å². The molecular formula is C34H38O6. The maximum atomic E-state index is 12.8. The van der Waals surface area contributed by atoms with Crippen LogP contribution in [0.15, 0.2) is 84.9 Å². The van der Waals surface area contributed by atoms with Crippen LogP contribution in [0.5, 0.6) is 0 Å². The van der Waals surface area contributed by atoms with E-state index in [2.05, 4.69) is 0 Å². The van der Waals surface area contributed by atoms with Crippen molar-refractivity contribution in [3.63, 3.8) is 0 Å². The summed E-state index contributed by atoms with van der Waals surface area (Å²) in [5.41, 5.74) is 1.16. The fraction of sp³-hybridized carbons (Fsp3) is 0.353. The molecule has 210 valence electrons. The Morgan fingerprint density at radius 2 is 0.850 bits per heavy atom. The number of hydrogen-bond donors (Lipinski definition) is 0. The van der Waals surface area contributed by atoms with Gasteiger partial charge in [-0.1, -0.05) is 84.9 Å². The Labute approximate surface area is 236 Å². The molecule has 0 bridgehead atoms. The lowest BCUT2D eigenvalue weighted by Gasteiger charge is -2.22. The Morgan fingerprint density at radius 3 is 1.18 bits per heavy atom. The largest absolute Gasteiger partial charge is 0.460 e. The number of hydrogen-bond acceptors (Lipinski definition) is 6. The van der Waals surface area contributed by atoms with Crippen LogP contribution >= 0.6 is 0 Å². The average Bonchev–Trinajstić information content (AvgIpc) is 2.97. The molecule has 0 aliphatic heterocycles. The highest BCUT2D eigenvalue weighted by molar-refractivity contribution is 5.99. The second-order valence-corrected chi connectivity index (χ2v) is 11.3. The molecule has 0 saturated carbocycles. The quantitative estimate of drug-likeness (QED) is 0.159. The molecule has 0 fully saturated rings. The SMILES string of the molecule is CC(C)(CCC(=O)c1ccc(C(=O)CCC(C)(C)C(=O)OCc2ccccc2)cc1)C(=O)OCc1ccccc1. The van der Waals surface area contributed by atoms with Crippen LogP contribution in [0.1, 0.15) is 85.2 Å². The first-order valence-electron chi connectivity index (χ1n) is 13.6. The number of Topliss-reactive ketones (excluding diaryl/α,β-unsaturated/α-hetero) is 2. The van der Waals surface area contributed by atoms with Crippen molar-refractivity contribution >= 4 is 23.5 Å². The van der Waals surface area contributed by atoms with Crippen molar-refractivity contribution in [2.75, 3.05) is 0 Å². The average molecular weight is 543 g/mol. The molecule has 0 aliphatic carbocycles. The molecule has 3 aromatic carbocycles. The van der Waals surface area contributed by atoms with Crippen LogP contribution in [0.4, 0.5) is 0 Å². The number of benzene rings is 3. The summed E-state index contributed by atoms with van der Waals surface area (Å²) < 4.78 is 10.9. The topological polar surface area (TPSA) is 86.7 Å². The number of ketones is 2. The predicted octanol–water partition coefficient (Wildman–Crippen LogP) is 7.15. The van der Waals surface area contributed by atoms with Crippen LogP contribution in [0.3, 0.4) is 0 Å². The predicted molar refractivity (Wildman–Crippen MR) is 154 cm³/mol. The third-order valence-electron chi connectivity index (χ3n) is 7.01. The van der Waals surface area contributed by atoms with Gasteiger partial charge in [0.25, 0.3) is 0 Å². The monoisotopic (exact) mass is 542 g/mol. The van der Waals surface area contributed by atoms with Crippen molar-refractivity contribution in [3.8, 4) is 0 Å². The van der Waals surface area contributed by atoms with E-state index in [9.17, 15) is 19.2 Å².